The number of aromatic nitrogens is 1. The predicted molar refractivity (Wildman–Crippen MR) is 106 cm³/mol. The Morgan fingerprint density at radius 3 is 2.65 bits per heavy atom. The third kappa shape index (κ3) is 3.78. The van der Waals surface area contributed by atoms with Crippen LogP contribution in [-0.4, -0.2) is 65.4 Å². The van der Waals surface area contributed by atoms with Gasteiger partial charge in [0, 0.05) is 50.7 Å². The number of hydrogen-bond acceptors (Lipinski definition) is 3. The van der Waals surface area contributed by atoms with Crippen molar-refractivity contribution in [3.05, 3.63) is 34.4 Å². The van der Waals surface area contributed by atoms with E-state index in [0.29, 0.717) is 38.4 Å². The fourth-order valence-electron chi connectivity index (χ4n) is 3.52. The third-order valence-electron chi connectivity index (χ3n) is 4.86. The van der Waals surface area contributed by atoms with Crippen molar-refractivity contribution < 1.29 is 9.59 Å². The molecule has 2 amide bonds. The Hall–Kier alpha value is -1.86. The second-order valence-electron chi connectivity index (χ2n) is 6.61. The number of amides is 2. The second kappa shape index (κ2) is 8.22. The average molecular weight is 421 g/mol. The van der Waals surface area contributed by atoms with E-state index in [1.54, 1.807) is 0 Å². The highest BCUT2D eigenvalue weighted by Gasteiger charge is 2.26. The fourth-order valence-corrected chi connectivity index (χ4v) is 4.29. The minimum Gasteiger partial charge on any atom is -0.355 e. The van der Waals surface area contributed by atoms with E-state index in [-0.39, 0.29) is 11.8 Å². The van der Waals surface area contributed by atoms with Crippen LogP contribution >= 0.6 is 15.9 Å². The number of benzene rings is 1. The molecular formula is C19H25BrN4O2. The molecular weight excluding hydrogens is 396 g/mol. The Balaban J connectivity index is 1.74. The highest BCUT2D eigenvalue weighted by Crippen LogP contribution is 2.31. The summed E-state index contributed by atoms with van der Waals surface area (Å²) in [4.78, 5) is 29.0. The first-order chi connectivity index (χ1) is 12.5. The SMILES string of the molecule is CCNC(=O)CN1CCCN(C(=O)c2c(Br)c3ccccc3n2C)CC1. The number of para-hydroxylation sites is 1. The smallest absolute Gasteiger partial charge is 0.271 e. The van der Waals surface area contributed by atoms with Crippen LogP contribution in [-0.2, 0) is 11.8 Å². The van der Waals surface area contributed by atoms with E-state index >= 15 is 0 Å². The van der Waals surface area contributed by atoms with Crippen molar-refractivity contribution in [1.82, 2.24) is 19.7 Å². The summed E-state index contributed by atoms with van der Waals surface area (Å²) in [6, 6.07) is 8.00. The average Bonchev–Trinajstić information content (AvgIpc) is 2.78. The Morgan fingerprint density at radius 2 is 1.92 bits per heavy atom. The lowest BCUT2D eigenvalue weighted by atomic mass is 10.2. The summed E-state index contributed by atoms with van der Waals surface area (Å²) >= 11 is 3.62. The molecule has 0 bridgehead atoms. The minimum absolute atomic E-state index is 0.0374. The first-order valence-corrected chi connectivity index (χ1v) is 9.83. The monoisotopic (exact) mass is 420 g/mol. The summed E-state index contributed by atoms with van der Waals surface area (Å²) in [5.41, 5.74) is 1.72. The standard InChI is InChI=1S/C19H25BrN4O2/c1-3-21-16(25)13-23-9-6-10-24(12-11-23)19(26)18-17(20)14-7-4-5-8-15(14)22(18)2/h4-5,7-8H,3,6,9-13H2,1-2H3,(H,21,25). The molecule has 6 nitrogen and oxygen atoms in total. The molecule has 1 aromatic heterocycles. The van der Waals surface area contributed by atoms with Crippen LogP contribution in [0, 0.1) is 0 Å². The Morgan fingerprint density at radius 1 is 1.15 bits per heavy atom. The molecule has 1 fully saturated rings. The molecule has 0 atom stereocenters. The van der Waals surface area contributed by atoms with Crippen molar-refractivity contribution in [2.75, 3.05) is 39.3 Å². The van der Waals surface area contributed by atoms with E-state index in [1.807, 2.05) is 47.7 Å². The number of aryl methyl sites for hydroxylation is 1. The van der Waals surface area contributed by atoms with E-state index in [4.69, 9.17) is 0 Å². The van der Waals surface area contributed by atoms with Crippen molar-refractivity contribution >= 4 is 38.6 Å². The van der Waals surface area contributed by atoms with Crippen LogP contribution in [0.1, 0.15) is 23.8 Å². The number of likely N-dealkylation sites (N-methyl/N-ethyl adjacent to an activating group) is 1. The molecule has 0 saturated carbocycles. The van der Waals surface area contributed by atoms with Crippen molar-refractivity contribution in [1.29, 1.82) is 0 Å². The lowest BCUT2D eigenvalue weighted by molar-refractivity contribution is -0.122. The molecule has 7 heteroatoms. The zero-order valence-corrected chi connectivity index (χ0v) is 16.9. The van der Waals surface area contributed by atoms with Crippen molar-refractivity contribution in [2.45, 2.75) is 13.3 Å². The number of nitrogens with one attached hydrogen (secondary N) is 1. The number of carbonyl (C=O) groups is 2. The van der Waals surface area contributed by atoms with Gasteiger partial charge in [0.15, 0.2) is 0 Å². The first kappa shape index (κ1) is 18.9. The van der Waals surface area contributed by atoms with Crippen molar-refractivity contribution in [2.24, 2.45) is 7.05 Å². The van der Waals surface area contributed by atoms with E-state index < -0.39 is 0 Å². The number of halogens is 1. The van der Waals surface area contributed by atoms with E-state index in [1.165, 1.54) is 0 Å². The zero-order chi connectivity index (χ0) is 18.7. The fraction of sp³-hybridized carbons (Fsp3) is 0.474. The van der Waals surface area contributed by atoms with E-state index in [0.717, 1.165) is 28.3 Å². The van der Waals surface area contributed by atoms with Crippen LogP contribution in [0.15, 0.2) is 28.7 Å². The number of nitrogens with zero attached hydrogens (tertiary/aromatic N) is 3. The molecule has 2 aromatic rings. The largest absolute Gasteiger partial charge is 0.355 e. The summed E-state index contributed by atoms with van der Waals surface area (Å²) in [5, 5.41) is 3.88. The first-order valence-electron chi connectivity index (χ1n) is 9.04. The molecule has 2 heterocycles. The summed E-state index contributed by atoms with van der Waals surface area (Å²) in [6.45, 7) is 5.84. The van der Waals surface area contributed by atoms with Crippen LogP contribution in [0.3, 0.4) is 0 Å². The number of hydrogen-bond donors (Lipinski definition) is 1. The Bertz CT molecular complexity index is 778. The van der Waals surface area contributed by atoms with Crippen LogP contribution in [0.5, 0.6) is 0 Å². The maximum absolute atomic E-state index is 13.2. The molecule has 0 unspecified atom stereocenters. The van der Waals surface area contributed by atoms with Gasteiger partial charge < -0.3 is 14.8 Å². The molecule has 0 radical (unpaired) electrons. The maximum Gasteiger partial charge on any atom is 0.271 e. The van der Waals surface area contributed by atoms with Gasteiger partial charge in [0.25, 0.3) is 5.91 Å². The van der Waals surface area contributed by atoms with Gasteiger partial charge in [0.1, 0.15) is 5.69 Å². The minimum atomic E-state index is 0.0374. The summed E-state index contributed by atoms with van der Waals surface area (Å²) < 4.78 is 2.81. The zero-order valence-electron chi connectivity index (χ0n) is 15.3. The van der Waals surface area contributed by atoms with Crippen LogP contribution in [0.4, 0.5) is 0 Å². The highest BCUT2D eigenvalue weighted by molar-refractivity contribution is 9.10. The lowest BCUT2D eigenvalue weighted by Crippen LogP contribution is -2.40. The topological polar surface area (TPSA) is 57.6 Å². The van der Waals surface area contributed by atoms with Crippen molar-refractivity contribution in [3.8, 4) is 0 Å². The van der Waals surface area contributed by atoms with E-state index in [9.17, 15) is 9.59 Å². The maximum atomic E-state index is 13.2. The molecule has 1 N–H and O–H groups in total. The molecule has 1 aliphatic heterocycles. The molecule has 1 aromatic carbocycles. The van der Waals surface area contributed by atoms with Gasteiger partial charge in [-0.2, -0.15) is 0 Å². The van der Waals surface area contributed by atoms with Gasteiger partial charge in [-0.1, -0.05) is 18.2 Å². The molecule has 140 valence electrons. The molecule has 1 aliphatic rings. The summed E-state index contributed by atoms with van der Waals surface area (Å²) in [6.07, 6.45) is 0.868. The van der Waals surface area contributed by atoms with Gasteiger partial charge in [-0.15, -0.1) is 0 Å². The quantitative estimate of drug-likeness (QED) is 0.824. The van der Waals surface area contributed by atoms with Gasteiger partial charge in [0.2, 0.25) is 5.91 Å². The van der Waals surface area contributed by atoms with Gasteiger partial charge in [0.05, 0.1) is 11.0 Å². The summed E-state index contributed by atoms with van der Waals surface area (Å²) in [7, 11) is 1.93. The summed E-state index contributed by atoms with van der Waals surface area (Å²) in [5.74, 6) is 0.0825. The predicted octanol–water partition coefficient (Wildman–Crippen LogP) is 2.22. The van der Waals surface area contributed by atoms with Gasteiger partial charge >= 0.3 is 0 Å². The Labute approximate surface area is 162 Å². The molecule has 26 heavy (non-hydrogen) atoms. The molecule has 1 saturated heterocycles. The van der Waals surface area contributed by atoms with E-state index in [2.05, 4.69) is 26.1 Å². The molecule has 3 rings (SSSR count). The highest BCUT2D eigenvalue weighted by atomic mass is 79.9. The van der Waals surface area contributed by atoms with Crippen LogP contribution < -0.4 is 5.32 Å². The lowest BCUT2D eigenvalue weighted by Gasteiger charge is -2.22. The number of carbonyl (C=O) groups excluding carboxylic acids is 2. The number of fused-ring (bicyclic) bond motifs is 1. The van der Waals surface area contributed by atoms with Crippen LogP contribution in [0.25, 0.3) is 10.9 Å². The van der Waals surface area contributed by atoms with Gasteiger partial charge in [-0.05, 0) is 35.3 Å². The second-order valence-corrected chi connectivity index (χ2v) is 7.41. The van der Waals surface area contributed by atoms with Gasteiger partial charge in [-0.25, -0.2) is 0 Å². The van der Waals surface area contributed by atoms with Gasteiger partial charge in [-0.3, -0.25) is 14.5 Å². The molecule has 0 spiro atoms. The van der Waals surface area contributed by atoms with Crippen LogP contribution in [0.2, 0.25) is 0 Å². The number of rotatable bonds is 4. The third-order valence-corrected chi connectivity index (χ3v) is 5.67. The molecule has 0 aliphatic carbocycles. The van der Waals surface area contributed by atoms with Crippen molar-refractivity contribution in [3.63, 3.8) is 0 Å². The normalized spacial score (nSPS) is 15.9. The Kier molecular flexibility index (Phi) is 5.98.